The van der Waals surface area contributed by atoms with Gasteiger partial charge in [0.15, 0.2) is 0 Å². The Balaban J connectivity index is 1.27. The molecular weight excluding hydrogens is 517 g/mol. The molecule has 0 bridgehead atoms. The first-order chi connectivity index (χ1) is 19.8. The largest absolute Gasteiger partial charge is 0.457 e. The van der Waals surface area contributed by atoms with Crippen molar-refractivity contribution in [2.24, 2.45) is 5.92 Å². The van der Waals surface area contributed by atoms with E-state index >= 15 is 0 Å². The number of para-hydroxylation sites is 2. The van der Waals surface area contributed by atoms with Crippen molar-refractivity contribution in [3.05, 3.63) is 101 Å². The zero-order chi connectivity index (χ0) is 29.0. The number of nitrogens with one attached hydrogen (secondary N) is 1. The standard InChI is InChI=1S/C34H40FN3O3/c1-23(2)33-28-14-13-27(35)20-26(28)15-16-34(33,41-32(39)22-40-4)17-18-38(3)21-25-11-9-24(10-12-25)19-31-36-29-7-5-6-8-30(29)37-31/h5-14,20,23,33H,15-19,21-22H2,1-4H3,(H,36,37)/t33-,34-/m0/s1. The fourth-order valence-corrected chi connectivity index (χ4v) is 6.48. The normalized spacial score (nSPS) is 18.7. The van der Waals surface area contributed by atoms with Gasteiger partial charge in [-0.25, -0.2) is 14.2 Å². The highest BCUT2D eigenvalue weighted by atomic mass is 19.1. The van der Waals surface area contributed by atoms with Crippen LogP contribution in [0.25, 0.3) is 11.0 Å². The molecule has 2 atom stereocenters. The number of imidazole rings is 1. The third-order valence-electron chi connectivity index (χ3n) is 8.27. The van der Waals surface area contributed by atoms with Crippen LogP contribution in [0, 0.1) is 11.7 Å². The second-order valence-electron chi connectivity index (χ2n) is 11.7. The van der Waals surface area contributed by atoms with Gasteiger partial charge in [-0.1, -0.05) is 56.3 Å². The molecule has 1 aromatic heterocycles. The summed E-state index contributed by atoms with van der Waals surface area (Å²) in [6, 6.07) is 21.8. The van der Waals surface area contributed by atoms with Gasteiger partial charge in [-0.2, -0.15) is 0 Å². The number of fused-ring (bicyclic) bond motifs is 2. The summed E-state index contributed by atoms with van der Waals surface area (Å²) in [5, 5.41) is 0. The SMILES string of the molecule is COCC(=O)O[C@]1(CCN(C)Cc2ccc(Cc3nc4ccccc4[nH]3)cc2)CCc2cc(F)ccc2[C@@H]1C(C)C. The first-order valence-corrected chi connectivity index (χ1v) is 14.5. The maximum absolute atomic E-state index is 14.1. The van der Waals surface area contributed by atoms with Gasteiger partial charge < -0.3 is 19.4 Å². The van der Waals surface area contributed by atoms with Crippen LogP contribution in [0.1, 0.15) is 60.7 Å². The Labute approximate surface area is 241 Å². The van der Waals surface area contributed by atoms with E-state index in [1.54, 1.807) is 6.07 Å². The number of aryl methyl sites for hydroxylation is 1. The summed E-state index contributed by atoms with van der Waals surface area (Å²) in [6.07, 6.45) is 2.77. The number of esters is 1. The summed E-state index contributed by atoms with van der Waals surface area (Å²) in [5.41, 5.74) is 5.88. The molecule has 1 aliphatic rings. The van der Waals surface area contributed by atoms with Crippen molar-refractivity contribution < 1.29 is 18.7 Å². The minimum atomic E-state index is -0.681. The maximum atomic E-state index is 14.1. The molecule has 0 unspecified atom stereocenters. The molecule has 3 aromatic carbocycles. The predicted octanol–water partition coefficient (Wildman–Crippen LogP) is 6.43. The van der Waals surface area contributed by atoms with E-state index in [-0.39, 0.29) is 30.2 Å². The molecule has 6 nitrogen and oxygen atoms in total. The molecule has 41 heavy (non-hydrogen) atoms. The Morgan fingerprint density at radius 3 is 2.61 bits per heavy atom. The van der Waals surface area contributed by atoms with Crippen LogP contribution in [0.5, 0.6) is 0 Å². The Hall–Kier alpha value is -3.55. The van der Waals surface area contributed by atoms with Crippen LogP contribution < -0.4 is 0 Å². The van der Waals surface area contributed by atoms with Crippen molar-refractivity contribution in [2.45, 2.75) is 57.6 Å². The fraction of sp³-hybridized carbons (Fsp3) is 0.412. The molecule has 4 aromatic rings. The summed E-state index contributed by atoms with van der Waals surface area (Å²) in [7, 11) is 3.60. The number of methoxy groups -OCH3 is 1. The molecule has 1 aliphatic carbocycles. The molecule has 0 amide bonds. The minimum absolute atomic E-state index is 0.0291. The van der Waals surface area contributed by atoms with Gasteiger partial charge in [0.1, 0.15) is 23.8 Å². The second-order valence-corrected chi connectivity index (χ2v) is 11.7. The minimum Gasteiger partial charge on any atom is -0.457 e. The predicted molar refractivity (Wildman–Crippen MR) is 159 cm³/mol. The number of rotatable bonds is 11. The number of aromatic nitrogens is 2. The van der Waals surface area contributed by atoms with E-state index < -0.39 is 5.60 Å². The molecule has 0 spiro atoms. The van der Waals surface area contributed by atoms with Gasteiger partial charge in [0.25, 0.3) is 0 Å². The van der Waals surface area contributed by atoms with Gasteiger partial charge in [0.2, 0.25) is 0 Å². The zero-order valence-electron chi connectivity index (χ0n) is 24.5. The molecule has 0 radical (unpaired) electrons. The van der Waals surface area contributed by atoms with Crippen molar-refractivity contribution in [1.82, 2.24) is 14.9 Å². The molecule has 0 aliphatic heterocycles. The zero-order valence-corrected chi connectivity index (χ0v) is 24.5. The van der Waals surface area contributed by atoms with Crippen LogP contribution in [-0.2, 0) is 33.7 Å². The Kier molecular flexibility index (Phi) is 8.85. The van der Waals surface area contributed by atoms with E-state index in [0.717, 1.165) is 47.5 Å². The molecule has 1 N–H and O–H groups in total. The first-order valence-electron chi connectivity index (χ1n) is 14.5. The molecule has 5 rings (SSSR count). The van der Waals surface area contributed by atoms with Crippen LogP contribution in [-0.4, -0.2) is 53.7 Å². The van der Waals surface area contributed by atoms with Gasteiger partial charge in [-0.3, -0.25) is 0 Å². The van der Waals surface area contributed by atoms with Crippen LogP contribution >= 0.6 is 0 Å². The molecule has 0 saturated carbocycles. The highest BCUT2D eigenvalue weighted by molar-refractivity contribution is 5.74. The third kappa shape index (κ3) is 6.68. The average Bonchev–Trinajstić information content (AvgIpc) is 3.35. The first kappa shape index (κ1) is 29.0. The van der Waals surface area contributed by atoms with Gasteiger partial charge in [-0.15, -0.1) is 0 Å². The number of nitrogens with zero attached hydrogens (tertiary/aromatic N) is 2. The van der Waals surface area contributed by atoms with Crippen molar-refractivity contribution >= 4 is 17.0 Å². The second kappa shape index (κ2) is 12.5. The fourth-order valence-electron chi connectivity index (χ4n) is 6.48. The van der Waals surface area contributed by atoms with Gasteiger partial charge in [-0.05, 0) is 72.3 Å². The summed E-state index contributed by atoms with van der Waals surface area (Å²) < 4.78 is 25.4. The Morgan fingerprint density at radius 1 is 1.12 bits per heavy atom. The van der Waals surface area contributed by atoms with E-state index in [9.17, 15) is 9.18 Å². The third-order valence-corrected chi connectivity index (χ3v) is 8.27. The van der Waals surface area contributed by atoms with E-state index in [4.69, 9.17) is 14.5 Å². The molecule has 216 valence electrons. The summed E-state index contributed by atoms with van der Waals surface area (Å²) in [4.78, 5) is 23.1. The molecule has 0 saturated heterocycles. The monoisotopic (exact) mass is 557 g/mol. The lowest BCUT2D eigenvalue weighted by Crippen LogP contribution is -2.49. The smallest absolute Gasteiger partial charge is 0.332 e. The highest BCUT2D eigenvalue weighted by Gasteiger charge is 2.47. The summed E-state index contributed by atoms with van der Waals surface area (Å²) in [5.74, 6) is 0.559. The van der Waals surface area contributed by atoms with Crippen molar-refractivity contribution in [2.75, 3.05) is 27.3 Å². The Morgan fingerprint density at radius 2 is 1.88 bits per heavy atom. The maximum Gasteiger partial charge on any atom is 0.332 e. The quantitative estimate of drug-likeness (QED) is 0.215. The number of hydrogen-bond acceptors (Lipinski definition) is 5. The number of carbonyl (C=O) groups excluding carboxylic acids is 1. The number of carbonyl (C=O) groups is 1. The van der Waals surface area contributed by atoms with Crippen molar-refractivity contribution in [1.29, 1.82) is 0 Å². The van der Waals surface area contributed by atoms with Crippen LogP contribution in [0.4, 0.5) is 4.39 Å². The van der Waals surface area contributed by atoms with E-state index in [1.165, 1.54) is 24.3 Å². The number of benzene rings is 3. The lowest BCUT2D eigenvalue weighted by Gasteiger charge is -2.47. The lowest BCUT2D eigenvalue weighted by atomic mass is 9.65. The van der Waals surface area contributed by atoms with E-state index in [1.807, 2.05) is 30.3 Å². The topological polar surface area (TPSA) is 67.5 Å². The number of ether oxygens (including phenoxy) is 2. The van der Waals surface area contributed by atoms with Crippen LogP contribution in [0.2, 0.25) is 0 Å². The van der Waals surface area contributed by atoms with Gasteiger partial charge >= 0.3 is 5.97 Å². The number of aromatic amines is 1. The van der Waals surface area contributed by atoms with Crippen LogP contribution in [0.3, 0.4) is 0 Å². The van der Waals surface area contributed by atoms with Crippen LogP contribution in [0.15, 0.2) is 66.7 Å². The molecule has 7 heteroatoms. The molecule has 1 heterocycles. The summed E-state index contributed by atoms with van der Waals surface area (Å²) in [6.45, 7) is 5.75. The number of halogens is 1. The van der Waals surface area contributed by atoms with Gasteiger partial charge in [0, 0.05) is 39.0 Å². The van der Waals surface area contributed by atoms with Crippen molar-refractivity contribution in [3.8, 4) is 0 Å². The van der Waals surface area contributed by atoms with E-state index in [0.29, 0.717) is 19.3 Å². The van der Waals surface area contributed by atoms with E-state index in [2.05, 4.69) is 55.0 Å². The highest BCUT2D eigenvalue weighted by Crippen LogP contribution is 2.48. The number of H-pyrrole nitrogens is 1. The average molecular weight is 558 g/mol. The Bertz CT molecular complexity index is 1450. The molecular formula is C34H40FN3O3. The lowest BCUT2D eigenvalue weighted by molar-refractivity contribution is -0.172. The molecule has 0 fully saturated rings. The number of hydrogen-bond donors (Lipinski definition) is 1. The van der Waals surface area contributed by atoms with Crippen molar-refractivity contribution in [3.63, 3.8) is 0 Å². The van der Waals surface area contributed by atoms with Gasteiger partial charge in [0.05, 0.1) is 11.0 Å². The summed E-state index contributed by atoms with van der Waals surface area (Å²) >= 11 is 0.